The van der Waals surface area contributed by atoms with E-state index in [2.05, 4.69) is 59.8 Å². The van der Waals surface area contributed by atoms with Gasteiger partial charge in [0, 0.05) is 0 Å². The molecule has 0 aliphatic heterocycles. The van der Waals surface area contributed by atoms with Crippen molar-refractivity contribution in [1.29, 1.82) is 0 Å². The third-order valence-electron chi connectivity index (χ3n) is 5.42. The minimum atomic E-state index is 0.327. The lowest BCUT2D eigenvalue weighted by Gasteiger charge is -2.58. The maximum Gasteiger partial charge on any atom is -0.00218 e. The van der Waals surface area contributed by atoms with Crippen LogP contribution < -0.4 is 0 Å². The largest absolute Gasteiger partial charge is 0.0798 e. The van der Waals surface area contributed by atoms with E-state index in [0.717, 1.165) is 0 Å². The van der Waals surface area contributed by atoms with Crippen molar-refractivity contribution < 1.29 is 0 Å². The first-order valence-corrected chi connectivity index (χ1v) is 6.57. The van der Waals surface area contributed by atoms with Gasteiger partial charge in [-0.05, 0) is 41.9 Å². The lowest BCUT2D eigenvalue weighted by atomic mass is 9.46. The van der Waals surface area contributed by atoms with Gasteiger partial charge in [0.25, 0.3) is 0 Å². The summed E-state index contributed by atoms with van der Waals surface area (Å²) in [5.74, 6) is 0.687. The normalized spacial score (nSPS) is 40.1. The maximum atomic E-state index is 2.53. The molecule has 0 amide bonds. The summed E-state index contributed by atoms with van der Waals surface area (Å²) in [6, 6.07) is 0. The molecule has 0 aromatic heterocycles. The molecule has 90 valence electrons. The molecule has 2 aliphatic carbocycles. The fourth-order valence-electron chi connectivity index (χ4n) is 3.81. The summed E-state index contributed by atoms with van der Waals surface area (Å²) >= 11 is 0. The molecule has 2 unspecified atom stereocenters. The van der Waals surface area contributed by atoms with Gasteiger partial charge in [-0.25, -0.2) is 0 Å². The predicted molar refractivity (Wildman–Crippen MR) is 71.3 cm³/mol. The van der Waals surface area contributed by atoms with Gasteiger partial charge in [-0.2, -0.15) is 0 Å². The average molecular weight is 218 g/mol. The topological polar surface area (TPSA) is 0 Å². The monoisotopic (exact) mass is 218 g/mol. The van der Waals surface area contributed by atoms with Gasteiger partial charge >= 0.3 is 0 Å². The van der Waals surface area contributed by atoms with Crippen LogP contribution >= 0.6 is 0 Å². The van der Waals surface area contributed by atoms with Crippen LogP contribution in [0.4, 0.5) is 0 Å². The second-order valence-corrected chi connectivity index (χ2v) is 7.38. The fraction of sp³-hybridized carbons (Fsp3) is 0.750. The first-order valence-electron chi connectivity index (χ1n) is 6.57. The number of rotatable bonds is 0. The quantitative estimate of drug-likeness (QED) is 0.538. The average Bonchev–Trinajstić information content (AvgIpc) is 2.12. The highest BCUT2D eigenvalue weighted by molar-refractivity contribution is 5.31. The molecule has 2 atom stereocenters. The highest BCUT2D eigenvalue weighted by Crippen LogP contribution is 2.62. The fourth-order valence-corrected chi connectivity index (χ4v) is 3.81. The van der Waals surface area contributed by atoms with Crippen molar-refractivity contribution in [3.8, 4) is 0 Å². The van der Waals surface area contributed by atoms with Crippen LogP contribution in [0.1, 0.15) is 54.4 Å². The van der Waals surface area contributed by atoms with Crippen LogP contribution in [0.15, 0.2) is 23.8 Å². The Kier molecular flexibility index (Phi) is 2.42. The molecule has 0 aromatic carbocycles. The summed E-state index contributed by atoms with van der Waals surface area (Å²) < 4.78 is 0. The van der Waals surface area contributed by atoms with Crippen LogP contribution in [0, 0.1) is 22.2 Å². The molecular weight excluding hydrogens is 192 g/mol. The van der Waals surface area contributed by atoms with Gasteiger partial charge in [0.15, 0.2) is 0 Å². The van der Waals surface area contributed by atoms with E-state index in [4.69, 9.17) is 0 Å². The van der Waals surface area contributed by atoms with Gasteiger partial charge in [-0.1, -0.05) is 58.4 Å². The van der Waals surface area contributed by atoms with Crippen molar-refractivity contribution in [3.05, 3.63) is 23.8 Å². The molecule has 1 saturated carbocycles. The molecule has 1 fully saturated rings. The number of hydrogen-bond acceptors (Lipinski definition) is 0. The van der Waals surface area contributed by atoms with Crippen molar-refractivity contribution >= 4 is 0 Å². The van der Waals surface area contributed by atoms with E-state index < -0.39 is 0 Å². The summed E-state index contributed by atoms with van der Waals surface area (Å²) in [6.07, 6.45) is 9.99. The summed E-state index contributed by atoms with van der Waals surface area (Å²) in [5.41, 5.74) is 2.62. The van der Waals surface area contributed by atoms with E-state index in [1.165, 1.54) is 18.4 Å². The zero-order valence-corrected chi connectivity index (χ0v) is 11.7. The molecule has 0 aromatic rings. The third-order valence-corrected chi connectivity index (χ3v) is 5.42. The van der Waals surface area contributed by atoms with Gasteiger partial charge in [-0.15, -0.1) is 0 Å². The van der Waals surface area contributed by atoms with E-state index in [1.807, 2.05) is 0 Å². The molecule has 0 heterocycles. The molecule has 0 heteroatoms. The summed E-state index contributed by atoms with van der Waals surface area (Å²) in [5, 5.41) is 0. The Balaban J connectivity index is 2.51. The lowest BCUT2D eigenvalue weighted by Crippen LogP contribution is -2.51. The lowest BCUT2D eigenvalue weighted by molar-refractivity contribution is -0.0396. The minimum Gasteiger partial charge on any atom is -0.0798 e. The standard InChI is InChI=1S/C16H26/c1-12-7-8-13-14(2,3)9-10-15(4,5)16(13,6)11-12/h7-8,11,13H,9-10H2,1-6H3. The Morgan fingerprint density at radius 2 is 1.69 bits per heavy atom. The molecule has 2 rings (SSSR count). The Bertz CT molecular complexity index is 354. The number of hydrogen-bond donors (Lipinski definition) is 0. The van der Waals surface area contributed by atoms with E-state index in [1.54, 1.807) is 0 Å². The number of allylic oxidation sites excluding steroid dienone is 4. The van der Waals surface area contributed by atoms with Crippen LogP contribution in [-0.2, 0) is 0 Å². The Morgan fingerprint density at radius 1 is 1.06 bits per heavy atom. The van der Waals surface area contributed by atoms with Gasteiger partial charge in [0.1, 0.15) is 0 Å². The molecule has 0 bridgehead atoms. The van der Waals surface area contributed by atoms with Gasteiger partial charge in [-0.3, -0.25) is 0 Å². The Labute approximate surface area is 101 Å². The van der Waals surface area contributed by atoms with Crippen molar-refractivity contribution in [2.45, 2.75) is 54.4 Å². The van der Waals surface area contributed by atoms with Gasteiger partial charge < -0.3 is 0 Å². The SMILES string of the molecule is CC1=CC2(C)C(C=C1)C(C)(C)CCC2(C)C. The van der Waals surface area contributed by atoms with E-state index in [-0.39, 0.29) is 0 Å². The van der Waals surface area contributed by atoms with Crippen molar-refractivity contribution in [1.82, 2.24) is 0 Å². The van der Waals surface area contributed by atoms with E-state index in [9.17, 15) is 0 Å². The summed E-state index contributed by atoms with van der Waals surface area (Å²) in [6.45, 7) is 14.4. The van der Waals surface area contributed by atoms with Crippen LogP contribution in [0.3, 0.4) is 0 Å². The van der Waals surface area contributed by atoms with Gasteiger partial charge in [0.05, 0.1) is 0 Å². The molecule has 16 heavy (non-hydrogen) atoms. The highest BCUT2D eigenvalue weighted by Gasteiger charge is 2.54. The van der Waals surface area contributed by atoms with Crippen molar-refractivity contribution in [3.63, 3.8) is 0 Å². The van der Waals surface area contributed by atoms with E-state index in [0.29, 0.717) is 22.2 Å². The van der Waals surface area contributed by atoms with Crippen LogP contribution in [0.25, 0.3) is 0 Å². The smallest absolute Gasteiger partial charge is 0.00218 e. The van der Waals surface area contributed by atoms with Crippen molar-refractivity contribution in [2.24, 2.45) is 22.2 Å². The van der Waals surface area contributed by atoms with E-state index >= 15 is 0 Å². The summed E-state index contributed by atoms with van der Waals surface area (Å²) in [7, 11) is 0. The molecule has 0 nitrogen and oxygen atoms in total. The van der Waals surface area contributed by atoms with Crippen LogP contribution in [-0.4, -0.2) is 0 Å². The molecular formula is C16H26. The Hall–Kier alpha value is -0.520. The second kappa shape index (κ2) is 3.24. The second-order valence-electron chi connectivity index (χ2n) is 7.38. The summed E-state index contributed by atoms with van der Waals surface area (Å²) in [4.78, 5) is 0. The molecule has 0 radical (unpaired) electrons. The third kappa shape index (κ3) is 1.49. The van der Waals surface area contributed by atoms with Crippen LogP contribution in [0.5, 0.6) is 0 Å². The maximum absolute atomic E-state index is 2.53. The highest BCUT2D eigenvalue weighted by atomic mass is 14.6. The molecule has 0 spiro atoms. The first kappa shape index (κ1) is 12.0. The first-order chi connectivity index (χ1) is 7.19. The molecule has 0 saturated heterocycles. The number of fused-ring (bicyclic) bond motifs is 1. The Morgan fingerprint density at radius 3 is 2.31 bits per heavy atom. The minimum absolute atomic E-state index is 0.327. The zero-order valence-electron chi connectivity index (χ0n) is 11.7. The molecule has 2 aliphatic rings. The predicted octanol–water partition coefficient (Wildman–Crippen LogP) is 4.97. The van der Waals surface area contributed by atoms with Gasteiger partial charge in [0.2, 0.25) is 0 Å². The van der Waals surface area contributed by atoms with Crippen molar-refractivity contribution in [2.75, 3.05) is 0 Å². The zero-order chi connectivity index (χ0) is 12.2. The van der Waals surface area contributed by atoms with Crippen LogP contribution in [0.2, 0.25) is 0 Å². The molecule has 0 N–H and O–H groups in total.